The Hall–Kier alpha value is -3.48. The quantitative estimate of drug-likeness (QED) is 0.545. The minimum absolute atomic E-state index is 0.126. The minimum Gasteiger partial charge on any atom is -0.497 e. The van der Waals surface area contributed by atoms with E-state index in [4.69, 9.17) is 4.74 Å². The molecule has 0 aliphatic heterocycles. The van der Waals surface area contributed by atoms with E-state index < -0.39 is 5.91 Å². The molecule has 0 atom stereocenters. The first-order valence-electron chi connectivity index (χ1n) is 8.02. The third-order valence-electron chi connectivity index (χ3n) is 3.88. The minimum atomic E-state index is -0.480. The summed E-state index contributed by atoms with van der Waals surface area (Å²) in [6.07, 6.45) is 0.587. The van der Waals surface area contributed by atoms with E-state index in [0.717, 1.165) is 17.0 Å². The van der Waals surface area contributed by atoms with Gasteiger partial charge in [-0.15, -0.1) is 0 Å². The number of hydrazone groups is 1. The van der Waals surface area contributed by atoms with Gasteiger partial charge < -0.3 is 4.74 Å². The van der Waals surface area contributed by atoms with Crippen LogP contribution < -0.4 is 15.7 Å². The van der Waals surface area contributed by atoms with Gasteiger partial charge in [-0.1, -0.05) is 30.3 Å². The highest BCUT2D eigenvalue weighted by molar-refractivity contribution is 6.05. The number of rotatable bonds is 5. The lowest BCUT2D eigenvalue weighted by Crippen LogP contribution is -2.23. The number of H-pyrrole nitrogens is 1. The van der Waals surface area contributed by atoms with Crippen LogP contribution in [0.3, 0.4) is 0 Å². The summed E-state index contributed by atoms with van der Waals surface area (Å²) in [5, 5.41) is 11.2. The normalized spacial score (nSPS) is 11.4. The van der Waals surface area contributed by atoms with E-state index in [9.17, 15) is 9.59 Å². The molecule has 2 aromatic carbocycles. The molecule has 0 radical (unpaired) electrons. The van der Waals surface area contributed by atoms with Gasteiger partial charge in [0, 0.05) is 17.5 Å². The Morgan fingerprint density at radius 3 is 2.54 bits per heavy atom. The molecule has 3 aromatic rings. The molecule has 0 bridgehead atoms. The molecule has 1 amide bonds. The van der Waals surface area contributed by atoms with Crippen molar-refractivity contribution in [3.05, 3.63) is 70.1 Å². The lowest BCUT2D eigenvalue weighted by Gasteiger charge is -2.05. The lowest BCUT2D eigenvalue weighted by atomic mass is 10.1. The SMILES string of the molecule is COc1ccc(C/C(C)=N\NC(=O)c2n[nH]c(=O)c3ccccc23)cc1. The Morgan fingerprint density at radius 1 is 1.15 bits per heavy atom. The van der Waals surface area contributed by atoms with Crippen LogP contribution in [0.1, 0.15) is 23.0 Å². The fourth-order valence-electron chi connectivity index (χ4n) is 2.57. The van der Waals surface area contributed by atoms with E-state index in [1.165, 1.54) is 0 Å². The van der Waals surface area contributed by atoms with Crippen LogP contribution >= 0.6 is 0 Å². The Morgan fingerprint density at radius 2 is 1.85 bits per heavy atom. The molecular formula is C19H18N4O3. The van der Waals surface area contributed by atoms with Gasteiger partial charge in [-0.2, -0.15) is 10.2 Å². The van der Waals surface area contributed by atoms with Crippen molar-refractivity contribution in [3.8, 4) is 5.75 Å². The van der Waals surface area contributed by atoms with Crippen molar-refractivity contribution in [2.75, 3.05) is 7.11 Å². The van der Waals surface area contributed by atoms with Crippen molar-refractivity contribution >= 4 is 22.4 Å². The molecule has 0 aliphatic rings. The van der Waals surface area contributed by atoms with Crippen molar-refractivity contribution < 1.29 is 9.53 Å². The zero-order chi connectivity index (χ0) is 18.5. The fourth-order valence-corrected chi connectivity index (χ4v) is 2.57. The average molecular weight is 350 g/mol. The molecule has 0 unspecified atom stereocenters. The first-order valence-corrected chi connectivity index (χ1v) is 8.02. The van der Waals surface area contributed by atoms with E-state index in [-0.39, 0.29) is 11.3 Å². The smallest absolute Gasteiger partial charge is 0.292 e. The zero-order valence-electron chi connectivity index (χ0n) is 14.4. The van der Waals surface area contributed by atoms with Crippen LogP contribution in [0.2, 0.25) is 0 Å². The van der Waals surface area contributed by atoms with Gasteiger partial charge in [-0.05, 0) is 30.7 Å². The van der Waals surface area contributed by atoms with Crippen molar-refractivity contribution in [2.24, 2.45) is 5.10 Å². The number of hydrogen-bond donors (Lipinski definition) is 2. The van der Waals surface area contributed by atoms with Crippen molar-refractivity contribution in [1.82, 2.24) is 15.6 Å². The Kier molecular flexibility index (Phi) is 5.07. The molecule has 3 rings (SSSR count). The number of ether oxygens (including phenoxy) is 1. The topological polar surface area (TPSA) is 96.4 Å². The Labute approximate surface area is 149 Å². The molecule has 2 N–H and O–H groups in total. The molecular weight excluding hydrogens is 332 g/mol. The number of nitrogens with one attached hydrogen (secondary N) is 2. The monoisotopic (exact) mass is 350 g/mol. The summed E-state index contributed by atoms with van der Waals surface area (Å²) in [5.74, 6) is 0.305. The maximum atomic E-state index is 12.4. The second kappa shape index (κ2) is 7.60. The lowest BCUT2D eigenvalue weighted by molar-refractivity contribution is 0.0950. The van der Waals surface area contributed by atoms with Crippen LogP contribution in [-0.2, 0) is 6.42 Å². The predicted octanol–water partition coefficient (Wildman–Crippen LogP) is 2.28. The fraction of sp³-hybridized carbons (Fsp3) is 0.158. The molecule has 0 saturated carbocycles. The van der Waals surface area contributed by atoms with Crippen LogP contribution in [0.25, 0.3) is 10.8 Å². The third kappa shape index (κ3) is 3.77. The van der Waals surface area contributed by atoms with Crippen LogP contribution in [0.4, 0.5) is 0 Å². The van der Waals surface area contributed by atoms with Gasteiger partial charge in [0.1, 0.15) is 5.75 Å². The summed E-state index contributed by atoms with van der Waals surface area (Å²) < 4.78 is 5.13. The highest BCUT2D eigenvalue weighted by atomic mass is 16.5. The molecule has 26 heavy (non-hydrogen) atoms. The Bertz CT molecular complexity index is 1020. The van der Waals surface area contributed by atoms with Crippen molar-refractivity contribution in [1.29, 1.82) is 0 Å². The molecule has 0 saturated heterocycles. The maximum absolute atomic E-state index is 12.4. The van der Waals surface area contributed by atoms with Gasteiger partial charge in [0.05, 0.1) is 12.5 Å². The number of fused-ring (bicyclic) bond motifs is 1. The van der Waals surface area contributed by atoms with Crippen molar-refractivity contribution in [3.63, 3.8) is 0 Å². The number of methoxy groups -OCH3 is 1. The summed E-state index contributed by atoms with van der Waals surface area (Å²) >= 11 is 0. The van der Waals surface area contributed by atoms with Crippen molar-refractivity contribution in [2.45, 2.75) is 13.3 Å². The first-order chi connectivity index (χ1) is 12.6. The second-order valence-electron chi connectivity index (χ2n) is 5.76. The predicted molar refractivity (Wildman–Crippen MR) is 99.6 cm³/mol. The van der Waals surface area contributed by atoms with Gasteiger partial charge in [-0.25, -0.2) is 10.5 Å². The number of carbonyl (C=O) groups excluding carboxylic acids is 1. The number of benzene rings is 2. The van der Waals surface area contributed by atoms with Gasteiger partial charge >= 0.3 is 0 Å². The standard InChI is InChI=1S/C19H18N4O3/c1-12(11-13-7-9-14(26-2)10-8-13)20-23-19(25)17-15-5-3-4-6-16(15)18(24)22-21-17/h3-10H,11H2,1-2H3,(H,22,24)(H,23,25)/b20-12-. The van der Waals surface area contributed by atoms with Crippen LogP contribution in [0.5, 0.6) is 5.75 Å². The van der Waals surface area contributed by atoms with Crippen LogP contribution in [-0.4, -0.2) is 28.9 Å². The summed E-state index contributed by atoms with van der Waals surface area (Å²) in [5.41, 5.74) is 4.07. The van der Waals surface area contributed by atoms with Gasteiger partial charge in [-0.3, -0.25) is 9.59 Å². The van der Waals surface area contributed by atoms with E-state index in [1.807, 2.05) is 31.2 Å². The highest BCUT2D eigenvalue weighted by Gasteiger charge is 2.13. The molecule has 7 heteroatoms. The van der Waals surface area contributed by atoms with E-state index in [2.05, 4.69) is 20.7 Å². The maximum Gasteiger partial charge on any atom is 0.292 e. The summed E-state index contributed by atoms with van der Waals surface area (Å²) in [6.45, 7) is 1.82. The molecule has 0 spiro atoms. The highest BCUT2D eigenvalue weighted by Crippen LogP contribution is 2.13. The summed E-state index contributed by atoms with van der Waals surface area (Å²) in [4.78, 5) is 24.2. The number of aromatic amines is 1. The average Bonchev–Trinajstić information content (AvgIpc) is 2.67. The second-order valence-corrected chi connectivity index (χ2v) is 5.76. The molecule has 132 valence electrons. The molecule has 7 nitrogen and oxygen atoms in total. The molecule has 0 fully saturated rings. The third-order valence-corrected chi connectivity index (χ3v) is 3.88. The number of amides is 1. The number of nitrogens with zero attached hydrogens (tertiary/aromatic N) is 2. The van der Waals surface area contributed by atoms with Crippen LogP contribution in [0, 0.1) is 0 Å². The number of carbonyl (C=O) groups is 1. The zero-order valence-corrected chi connectivity index (χ0v) is 14.4. The Balaban J connectivity index is 1.74. The largest absolute Gasteiger partial charge is 0.497 e. The van der Waals surface area contributed by atoms with Crippen LogP contribution in [0.15, 0.2) is 58.4 Å². The summed E-state index contributed by atoms with van der Waals surface area (Å²) in [6, 6.07) is 14.4. The molecule has 1 aromatic heterocycles. The van der Waals surface area contributed by atoms with Gasteiger partial charge in [0.2, 0.25) is 0 Å². The van der Waals surface area contributed by atoms with E-state index >= 15 is 0 Å². The molecule has 0 aliphatic carbocycles. The van der Waals surface area contributed by atoms with Gasteiger partial charge in [0.25, 0.3) is 11.5 Å². The number of aromatic nitrogens is 2. The summed E-state index contributed by atoms with van der Waals surface area (Å²) in [7, 11) is 1.62. The first kappa shape index (κ1) is 17.3. The van der Waals surface area contributed by atoms with Gasteiger partial charge in [0.15, 0.2) is 5.69 Å². The number of hydrogen-bond acceptors (Lipinski definition) is 5. The van der Waals surface area contributed by atoms with E-state index in [0.29, 0.717) is 17.2 Å². The molecule has 1 heterocycles. The van der Waals surface area contributed by atoms with E-state index in [1.54, 1.807) is 31.4 Å².